The number of nitrogens with one attached hydrogen (secondary N) is 8. The predicted octanol–water partition coefficient (Wildman–Crippen LogP) is 2.67. The zero-order chi connectivity index (χ0) is 45.1. The molecule has 0 unspecified atom stereocenters. The summed E-state index contributed by atoms with van der Waals surface area (Å²) in [7, 11) is 0. The summed E-state index contributed by atoms with van der Waals surface area (Å²) in [5.74, 6) is -3.57. The summed E-state index contributed by atoms with van der Waals surface area (Å²) in [5, 5.41) is 23.1. The highest BCUT2D eigenvalue weighted by atomic mass is 32.2. The van der Waals surface area contributed by atoms with Crippen LogP contribution >= 0.6 is 23.5 Å². The molecule has 0 radical (unpaired) electrons. The number of halogens is 6. The highest BCUT2D eigenvalue weighted by Gasteiger charge is 2.46. The largest absolute Gasteiger partial charge is 0.473 e. The number of hydrogen-bond acceptors (Lipinski definition) is 8. The number of carbonyl (C=O) groups is 6. The Balaban J connectivity index is 0.879. The number of amides is 6. The molecule has 4 saturated heterocycles. The van der Waals surface area contributed by atoms with Gasteiger partial charge in [-0.25, -0.2) is 0 Å². The highest BCUT2D eigenvalue weighted by molar-refractivity contribution is 8.00. The van der Waals surface area contributed by atoms with Gasteiger partial charge in [-0.1, -0.05) is 25.7 Å². The lowest BCUT2D eigenvalue weighted by Crippen LogP contribution is -2.37. The molecule has 0 saturated carbocycles. The Kier molecular flexibility index (Phi) is 20.7. The van der Waals surface area contributed by atoms with Crippen molar-refractivity contribution in [2.24, 2.45) is 9.98 Å². The van der Waals surface area contributed by atoms with Gasteiger partial charge in [0.1, 0.15) is 0 Å². The lowest BCUT2D eigenvalue weighted by atomic mass is 10.0. The summed E-state index contributed by atoms with van der Waals surface area (Å²) >= 11 is 3.40. The monoisotopic (exact) mass is 928 g/mol. The summed E-state index contributed by atoms with van der Waals surface area (Å²) in [6, 6.07) is -0.462. The van der Waals surface area contributed by atoms with Gasteiger partial charge in [0.15, 0.2) is 11.9 Å². The average Bonchev–Trinajstić information content (AvgIpc) is 3.98. The minimum atomic E-state index is -5.02. The Morgan fingerprint density at radius 2 is 0.823 bits per heavy atom. The van der Waals surface area contributed by atoms with Gasteiger partial charge in [-0.3, -0.25) is 28.8 Å². The first kappa shape index (κ1) is 50.7. The van der Waals surface area contributed by atoms with Gasteiger partial charge in [0.05, 0.1) is 24.2 Å². The molecular weight excluding hydrogens is 871 g/mol. The molecule has 4 rings (SSSR count). The maximum Gasteiger partial charge on any atom is 0.473 e. The molecule has 350 valence electrons. The van der Waals surface area contributed by atoms with Gasteiger partial charge in [0, 0.05) is 73.9 Å². The Bertz CT molecular complexity index is 1490. The molecule has 0 aromatic heterocycles. The molecule has 4 aliphatic heterocycles. The molecule has 4 fully saturated rings. The van der Waals surface area contributed by atoms with Gasteiger partial charge >= 0.3 is 24.2 Å². The summed E-state index contributed by atoms with van der Waals surface area (Å²) in [6.07, 6.45) is 0.123. The third-order valence-corrected chi connectivity index (χ3v) is 13.7. The Labute approximate surface area is 365 Å². The summed E-state index contributed by atoms with van der Waals surface area (Å²) in [4.78, 5) is 77.2. The van der Waals surface area contributed by atoms with Crippen LogP contribution in [0.25, 0.3) is 0 Å². The molecule has 0 aromatic carbocycles. The molecular formula is C38H58F6N10O6S2. The van der Waals surface area contributed by atoms with Crippen LogP contribution in [0.3, 0.4) is 0 Å². The third-order valence-electron chi connectivity index (χ3n) is 10.7. The molecule has 4 aliphatic rings. The van der Waals surface area contributed by atoms with Crippen LogP contribution in [0.4, 0.5) is 26.3 Å². The zero-order valence-electron chi connectivity index (χ0n) is 34.4. The fourth-order valence-electron chi connectivity index (χ4n) is 7.42. The van der Waals surface area contributed by atoms with Crippen molar-refractivity contribution in [3.05, 3.63) is 0 Å². The van der Waals surface area contributed by atoms with E-state index < -0.39 is 24.2 Å². The molecule has 6 atom stereocenters. The Morgan fingerprint density at radius 3 is 1.18 bits per heavy atom. The second-order valence-corrected chi connectivity index (χ2v) is 18.2. The number of thioether (sulfide) groups is 2. The van der Waals surface area contributed by atoms with E-state index in [4.69, 9.17) is 0 Å². The quantitative estimate of drug-likeness (QED) is 0.0489. The van der Waals surface area contributed by atoms with Crippen molar-refractivity contribution in [2.75, 3.05) is 37.7 Å². The highest BCUT2D eigenvalue weighted by Crippen LogP contribution is 2.34. The number of nitrogens with zero attached hydrogens (tertiary/aromatic N) is 2. The van der Waals surface area contributed by atoms with Crippen LogP contribution in [0.2, 0.25) is 0 Å². The minimum absolute atomic E-state index is 0.0587. The average molecular weight is 929 g/mol. The van der Waals surface area contributed by atoms with Crippen molar-refractivity contribution in [1.82, 2.24) is 42.5 Å². The molecule has 0 aromatic rings. The first-order valence-electron chi connectivity index (χ1n) is 21.3. The molecule has 0 aliphatic carbocycles. The number of hydrogen-bond donors (Lipinski definition) is 8. The molecule has 8 N–H and O–H groups in total. The van der Waals surface area contributed by atoms with Crippen molar-refractivity contribution in [3.8, 4) is 0 Å². The van der Waals surface area contributed by atoms with E-state index in [2.05, 4.69) is 52.5 Å². The van der Waals surface area contributed by atoms with Crippen LogP contribution in [-0.2, 0) is 28.8 Å². The Morgan fingerprint density at radius 1 is 0.484 bits per heavy atom. The van der Waals surface area contributed by atoms with Gasteiger partial charge in [-0.05, 0) is 51.4 Å². The first-order valence-corrected chi connectivity index (χ1v) is 23.3. The number of rotatable bonds is 25. The zero-order valence-corrected chi connectivity index (χ0v) is 36.1. The van der Waals surface area contributed by atoms with Crippen LogP contribution in [0.15, 0.2) is 9.98 Å². The molecule has 6 amide bonds. The van der Waals surface area contributed by atoms with Crippen LogP contribution in [0, 0.1) is 0 Å². The number of unbranched alkanes of at least 4 members (excludes halogenated alkanes) is 6. The van der Waals surface area contributed by atoms with E-state index in [0.29, 0.717) is 89.1 Å². The van der Waals surface area contributed by atoms with Gasteiger partial charge in [-0.2, -0.15) is 59.9 Å². The van der Waals surface area contributed by atoms with E-state index in [-0.39, 0.29) is 70.2 Å². The van der Waals surface area contributed by atoms with Crippen molar-refractivity contribution in [2.45, 2.75) is 150 Å². The van der Waals surface area contributed by atoms with Gasteiger partial charge in [-0.15, -0.1) is 0 Å². The maximum atomic E-state index is 12.5. The van der Waals surface area contributed by atoms with Crippen molar-refractivity contribution in [1.29, 1.82) is 0 Å². The molecule has 16 nitrogen and oxygen atoms in total. The van der Waals surface area contributed by atoms with E-state index in [1.807, 2.05) is 0 Å². The van der Waals surface area contributed by atoms with Crippen LogP contribution in [0.5, 0.6) is 0 Å². The minimum Gasteiger partial charge on any atom is -0.356 e. The van der Waals surface area contributed by atoms with Gasteiger partial charge < -0.3 is 42.5 Å². The predicted molar refractivity (Wildman–Crippen MR) is 223 cm³/mol. The second kappa shape index (κ2) is 25.4. The third kappa shape index (κ3) is 18.0. The van der Waals surface area contributed by atoms with Crippen molar-refractivity contribution >= 4 is 70.9 Å². The molecule has 0 spiro atoms. The number of fused-ring (bicyclic) bond motifs is 2. The van der Waals surface area contributed by atoms with E-state index in [9.17, 15) is 55.1 Å². The number of guanidine groups is 2. The number of alkyl halides is 6. The fourth-order valence-corrected chi connectivity index (χ4v) is 10.5. The topological polar surface area (TPSA) is 223 Å². The summed E-state index contributed by atoms with van der Waals surface area (Å²) in [6.45, 7) is 1.65. The smallest absolute Gasteiger partial charge is 0.356 e. The lowest BCUT2D eigenvalue weighted by Gasteiger charge is -2.17. The maximum absolute atomic E-state index is 12.5. The second-order valence-electron chi connectivity index (χ2n) is 15.6. The summed E-state index contributed by atoms with van der Waals surface area (Å²) in [5.41, 5.74) is 0. The van der Waals surface area contributed by atoms with Crippen molar-refractivity contribution < 1.29 is 55.1 Å². The molecule has 24 heteroatoms. The van der Waals surface area contributed by atoms with E-state index >= 15 is 0 Å². The summed E-state index contributed by atoms with van der Waals surface area (Å²) < 4.78 is 75.0. The normalized spacial score (nSPS) is 24.0. The number of aliphatic imine (C=N–C) groups is 2. The lowest BCUT2D eigenvalue weighted by molar-refractivity contribution is -0.169. The SMILES string of the molecule is O=C(CCCC[C@@H]1SC[C@@H]2N/C(=N/C(=O)C(F)(F)F)N[C@@H]21)NCCCCCC(=O)NCCNC(=O)CCCCCNC(=O)CCCC[C@@H]1SC[C@@H]2N/C(=N\C(=O)C(F)(F)F)N[C@@H]21. The Hall–Kier alpha value is -3.96. The van der Waals surface area contributed by atoms with E-state index in [1.54, 1.807) is 23.5 Å². The van der Waals surface area contributed by atoms with Crippen molar-refractivity contribution in [3.63, 3.8) is 0 Å². The van der Waals surface area contributed by atoms with Gasteiger partial charge in [0.25, 0.3) is 0 Å². The fraction of sp³-hybridized carbons (Fsp3) is 0.789. The molecule has 62 heavy (non-hydrogen) atoms. The molecule has 4 heterocycles. The first-order chi connectivity index (χ1) is 29.5. The standard InChI is InChI=1S/C38H58F6N10O6S2/c39-37(40,41)33(59)53-35-49-23-21-61-25(31(23)51-35)11-5-7-15-27(55)45-17-9-1-3-13-29(57)47-19-20-48-30(58)14-4-2-10-18-46-28(56)16-8-6-12-26-32-24(22-62-26)50-36(52-32)54-34(60)38(42,43)44/h23-26,31-32H,1-22H2,(H,45,55)(H,46,56)(H,47,57)(H,48,58)(H2,49,51,53,59)(H2,50,52,54,60)/t23-,24-,25-,26-,31-,32-/m0/s1. The number of carbonyl (C=O) groups excluding carboxylic acids is 6. The molecule has 0 bridgehead atoms. The van der Waals surface area contributed by atoms with E-state index in [0.717, 1.165) is 51.4 Å². The van der Waals surface area contributed by atoms with E-state index in [1.165, 1.54) is 0 Å². The van der Waals surface area contributed by atoms with Crippen LogP contribution in [0.1, 0.15) is 103 Å². The van der Waals surface area contributed by atoms with Crippen LogP contribution in [-0.4, -0.2) is 132 Å². The van der Waals surface area contributed by atoms with Crippen LogP contribution < -0.4 is 42.5 Å². The van der Waals surface area contributed by atoms with Gasteiger partial charge in [0.2, 0.25) is 23.6 Å².